The van der Waals surface area contributed by atoms with Crippen LogP contribution in [0.5, 0.6) is 5.75 Å². The summed E-state index contributed by atoms with van der Waals surface area (Å²) in [4.78, 5) is 4.24. The Balaban J connectivity index is 0.00000280. The van der Waals surface area contributed by atoms with E-state index < -0.39 is 6.36 Å². The van der Waals surface area contributed by atoms with Crippen molar-refractivity contribution in [1.82, 2.24) is 14.8 Å². The number of hydrogen-bond acceptors (Lipinski definition) is 4. The van der Waals surface area contributed by atoms with Gasteiger partial charge >= 0.3 is 6.36 Å². The molecule has 11 heteroatoms. The zero-order chi connectivity index (χ0) is 19.3. The number of nitrogens with one attached hydrogen (secondary N) is 1. The molecule has 28 heavy (non-hydrogen) atoms. The smallest absolute Gasteiger partial charge is 0.406 e. The minimum absolute atomic E-state index is 0. The van der Waals surface area contributed by atoms with Crippen LogP contribution in [0.1, 0.15) is 30.9 Å². The maximum Gasteiger partial charge on any atom is 0.573 e. The van der Waals surface area contributed by atoms with Gasteiger partial charge in [0.15, 0.2) is 5.96 Å². The summed E-state index contributed by atoms with van der Waals surface area (Å²) in [6.07, 6.45) is 0.320. The van der Waals surface area contributed by atoms with E-state index in [0.29, 0.717) is 18.7 Å². The highest BCUT2D eigenvalue weighted by atomic mass is 127. The molecule has 1 aromatic heterocycles. The van der Waals surface area contributed by atoms with Gasteiger partial charge in [0.05, 0.1) is 0 Å². The summed E-state index contributed by atoms with van der Waals surface area (Å²) < 4.78 is 42.4. The van der Waals surface area contributed by atoms with E-state index >= 15 is 0 Å². The van der Waals surface area contributed by atoms with Gasteiger partial charge < -0.3 is 20.4 Å². The molecule has 0 aliphatic carbocycles. The molecule has 2 heterocycles. The van der Waals surface area contributed by atoms with Gasteiger partial charge in [0.2, 0.25) is 0 Å². The Labute approximate surface area is 177 Å². The predicted molar refractivity (Wildman–Crippen MR) is 110 cm³/mol. The van der Waals surface area contributed by atoms with Crippen LogP contribution in [-0.4, -0.2) is 33.6 Å². The van der Waals surface area contributed by atoms with E-state index in [4.69, 9.17) is 5.73 Å². The minimum Gasteiger partial charge on any atom is -0.406 e. The van der Waals surface area contributed by atoms with Crippen molar-refractivity contribution in [2.24, 2.45) is 10.7 Å². The third kappa shape index (κ3) is 6.53. The summed E-state index contributed by atoms with van der Waals surface area (Å²) >= 11 is 0. The van der Waals surface area contributed by atoms with Crippen LogP contribution in [0.4, 0.5) is 18.9 Å². The third-order valence-electron chi connectivity index (χ3n) is 4.16. The lowest BCUT2D eigenvalue weighted by molar-refractivity contribution is -0.274. The van der Waals surface area contributed by atoms with Crippen molar-refractivity contribution in [3.63, 3.8) is 0 Å². The van der Waals surface area contributed by atoms with Crippen molar-refractivity contribution in [1.29, 1.82) is 0 Å². The number of ether oxygens (including phenoxy) is 1. The fourth-order valence-corrected chi connectivity index (χ4v) is 2.93. The van der Waals surface area contributed by atoms with E-state index in [0.717, 1.165) is 37.5 Å². The number of aliphatic imine (C=N–C) groups is 1. The molecule has 0 radical (unpaired) electrons. The Hall–Kier alpha value is -2.05. The summed E-state index contributed by atoms with van der Waals surface area (Å²) in [5.41, 5.74) is 6.35. The van der Waals surface area contributed by atoms with Crippen LogP contribution < -0.4 is 15.8 Å². The molecule has 3 N–H and O–H groups in total. The molecule has 0 saturated carbocycles. The van der Waals surface area contributed by atoms with E-state index in [1.165, 1.54) is 30.7 Å². The number of hydrogen-bond donors (Lipinski definition) is 2. The lowest BCUT2D eigenvalue weighted by Crippen LogP contribution is -2.23. The van der Waals surface area contributed by atoms with Gasteiger partial charge in [-0.3, -0.25) is 4.99 Å². The quantitative estimate of drug-likeness (QED) is 0.365. The summed E-state index contributed by atoms with van der Waals surface area (Å²) in [7, 11) is 0. The minimum atomic E-state index is -4.71. The maximum absolute atomic E-state index is 12.1. The lowest BCUT2D eigenvalue weighted by Gasteiger charge is -2.10. The first-order valence-corrected chi connectivity index (χ1v) is 8.74. The second-order valence-electron chi connectivity index (χ2n) is 6.21. The number of fused-ring (bicyclic) bond motifs is 1. The number of alkyl halides is 3. The Kier molecular flexibility index (Phi) is 7.89. The fraction of sp³-hybridized carbons (Fsp3) is 0.471. The number of nitrogens with two attached hydrogens (primary N) is 1. The van der Waals surface area contributed by atoms with Gasteiger partial charge in [-0.05, 0) is 37.1 Å². The molecule has 0 fully saturated rings. The van der Waals surface area contributed by atoms with Crippen molar-refractivity contribution < 1.29 is 17.9 Å². The zero-order valence-electron chi connectivity index (χ0n) is 15.1. The monoisotopic (exact) mass is 510 g/mol. The van der Waals surface area contributed by atoms with Gasteiger partial charge in [0.1, 0.15) is 17.4 Å². The lowest BCUT2D eigenvalue weighted by atomic mass is 10.2. The molecule has 1 aliphatic heterocycles. The third-order valence-corrected chi connectivity index (χ3v) is 4.16. The zero-order valence-corrected chi connectivity index (χ0v) is 17.4. The summed E-state index contributed by atoms with van der Waals surface area (Å²) in [5, 5.41) is 11.3. The fourth-order valence-electron chi connectivity index (χ4n) is 2.93. The van der Waals surface area contributed by atoms with Crippen molar-refractivity contribution in [3.05, 3.63) is 35.9 Å². The van der Waals surface area contributed by atoms with Crippen LogP contribution >= 0.6 is 24.0 Å². The molecule has 1 aromatic carbocycles. The second-order valence-corrected chi connectivity index (χ2v) is 6.21. The van der Waals surface area contributed by atoms with Crippen LogP contribution in [0.3, 0.4) is 0 Å². The number of nitrogens with zero attached hydrogens (tertiary/aromatic N) is 4. The standard InChI is InChI=1S/C17H21F3N6O.HI/c18-17(19,20)27-13-7-5-12(6-8-13)23-16(21)22-10-9-15-25-24-14-4-2-1-3-11-26(14)15;/h5-8H,1-4,9-11H2,(H3,21,22,23);1H. The van der Waals surface area contributed by atoms with Crippen molar-refractivity contribution in [2.75, 3.05) is 11.9 Å². The first-order valence-electron chi connectivity index (χ1n) is 8.74. The van der Waals surface area contributed by atoms with Gasteiger partial charge in [0, 0.05) is 31.6 Å². The number of aromatic nitrogens is 3. The molecule has 0 saturated heterocycles. The molecule has 3 rings (SSSR count). The molecular formula is C17H22F3IN6O. The number of guanidine groups is 1. The molecule has 0 amide bonds. The van der Waals surface area contributed by atoms with Crippen LogP contribution in [-0.2, 0) is 19.4 Å². The average Bonchev–Trinajstić information content (AvgIpc) is 2.83. The first-order chi connectivity index (χ1) is 12.9. The van der Waals surface area contributed by atoms with Gasteiger partial charge in [-0.25, -0.2) is 0 Å². The highest BCUT2D eigenvalue weighted by Crippen LogP contribution is 2.23. The molecular weight excluding hydrogens is 488 g/mol. The molecule has 154 valence electrons. The Morgan fingerprint density at radius 2 is 1.93 bits per heavy atom. The normalized spacial score (nSPS) is 14.6. The summed E-state index contributed by atoms with van der Waals surface area (Å²) in [6.45, 7) is 1.37. The topological polar surface area (TPSA) is 90.4 Å². The number of rotatable bonds is 5. The van der Waals surface area contributed by atoms with E-state index in [-0.39, 0.29) is 35.7 Å². The van der Waals surface area contributed by atoms with Crippen LogP contribution in [0.25, 0.3) is 0 Å². The molecule has 0 bridgehead atoms. The summed E-state index contributed by atoms with van der Waals surface area (Å²) in [5.74, 6) is 1.81. The Morgan fingerprint density at radius 1 is 1.18 bits per heavy atom. The number of benzene rings is 1. The SMILES string of the molecule is I.NC(=NCCc1nnc2n1CCCCC2)Nc1ccc(OC(F)(F)F)cc1. The van der Waals surface area contributed by atoms with Gasteiger partial charge in [-0.1, -0.05) is 6.42 Å². The molecule has 7 nitrogen and oxygen atoms in total. The van der Waals surface area contributed by atoms with Crippen molar-refractivity contribution in [3.8, 4) is 5.75 Å². The van der Waals surface area contributed by atoms with Crippen LogP contribution in [0.15, 0.2) is 29.3 Å². The molecule has 0 spiro atoms. The molecule has 1 aliphatic rings. The number of halogens is 4. The summed E-state index contributed by atoms with van der Waals surface area (Å²) in [6, 6.07) is 5.27. The second kappa shape index (κ2) is 9.94. The van der Waals surface area contributed by atoms with Crippen LogP contribution in [0, 0.1) is 0 Å². The van der Waals surface area contributed by atoms with E-state index in [1.807, 2.05) is 0 Å². The van der Waals surface area contributed by atoms with Crippen molar-refractivity contribution in [2.45, 2.75) is 45.0 Å². The number of aryl methyl sites for hydroxylation is 1. The van der Waals surface area contributed by atoms with Gasteiger partial charge in [-0.15, -0.1) is 47.3 Å². The molecule has 0 unspecified atom stereocenters. The van der Waals surface area contributed by atoms with Crippen LogP contribution in [0.2, 0.25) is 0 Å². The number of anilines is 1. The van der Waals surface area contributed by atoms with E-state index in [1.54, 1.807) is 0 Å². The van der Waals surface area contributed by atoms with Crippen molar-refractivity contribution >= 4 is 35.6 Å². The van der Waals surface area contributed by atoms with Gasteiger partial charge in [0.25, 0.3) is 0 Å². The Morgan fingerprint density at radius 3 is 2.64 bits per heavy atom. The first kappa shape index (κ1) is 22.2. The van der Waals surface area contributed by atoms with Gasteiger partial charge in [-0.2, -0.15) is 0 Å². The molecule has 2 aromatic rings. The van der Waals surface area contributed by atoms with E-state index in [2.05, 4.69) is 29.8 Å². The average molecular weight is 510 g/mol. The predicted octanol–water partition coefficient (Wildman–Crippen LogP) is 3.49. The Bertz CT molecular complexity index is 791. The van der Waals surface area contributed by atoms with E-state index in [9.17, 15) is 13.2 Å². The molecule has 0 atom stereocenters. The highest BCUT2D eigenvalue weighted by molar-refractivity contribution is 14.0. The highest BCUT2D eigenvalue weighted by Gasteiger charge is 2.30. The largest absolute Gasteiger partial charge is 0.573 e. The maximum atomic E-state index is 12.1.